The van der Waals surface area contributed by atoms with Crippen molar-refractivity contribution in [1.82, 2.24) is 9.97 Å². The lowest BCUT2D eigenvalue weighted by Gasteiger charge is -2.00. The van der Waals surface area contributed by atoms with Crippen LogP contribution in [0.2, 0.25) is 0 Å². The van der Waals surface area contributed by atoms with E-state index in [9.17, 15) is 4.79 Å². The van der Waals surface area contributed by atoms with Crippen LogP contribution in [0.25, 0.3) is 0 Å². The van der Waals surface area contributed by atoms with Crippen LogP contribution >= 0.6 is 0 Å². The van der Waals surface area contributed by atoms with Crippen molar-refractivity contribution in [1.29, 1.82) is 0 Å². The van der Waals surface area contributed by atoms with Gasteiger partial charge in [-0.25, -0.2) is 4.79 Å². The number of rotatable bonds is 2. The van der Waals surface area contributed by atoms with E-state index in [-0.39, 0.29) is 0 Å². The van der Waals surface area contributed by atoms with Gasteiger partial charge in [-0.05, 0) is 6.92 Å². The first kappa shape index (κ1) is 7.59. The zero-order chi connectivity index (χ0) is 8.27. The lowest BCUT2D eigenvalue weighted by atomic mass is 10.5. The standard InChI is InChI=1S/C6H10N4O/c1-2-8-5-3-4(7)9-6(11)10-5/h3H,2H2,1H3,(H4,7,8,9,10,11). The highest BCUT2D eigenvalue weighted by Gasteiger charge is 1.94. The van der Waals surface area contributed by atoms with E-state index in [2.05, 4.69) is 15.3 Å². The van der Waals surface area contributed by atoms with E-state index in [1.165, 1.54) is 0 Å². The fraction of sp³-hybridized carbons (Fsp3) is 0.333. The Labute approximate surface area is 63.7 Å². The Kier molecular flexibility index (Phi) is 2.10. The second kappa shape index (κ2) is 3.05. The highest BCUT2D eigenvalue weighted by molar-refractivity contribution is 5.42. The largest absolute Gasteiger partial charge is 0.385 e. The summed E-state index contributed by atoms with van der Waals surface area (Å²) in [5.74, 6) is 0.828. The van der Waals surface area contributed by atoms with Gasteiger partial charge in [-0.15, -0.1) is 0 Å². The first-order valence-corrected chi connectivity index (χ1v) is 3.33. The van der Waals surface area contributed by atoms with Gasteiger partial charge in [0.1, 0.15) is 11.6 Å². The molecule has 11 heavy (non-hydrogen) atoms. The third kappa shape index (κ3) is 1.96. The van der Waals surface area contributed by atoms with Crippen LogP contribution in [0.3, 0.4) is 0 Å². The Morgan fingerprint density at radius 2 is 2.55 bits per heavy atom. The number of aromatic amines is 1. The summed E-state index contributed by atoms with van der Waals surface area (Å²) in [6.45, 7) is 2.63. The molecule has 0 atom stereocenters. The maximum absolute atomic E-state index is 10.7. The predicted molar refractivity (Wildman–Crippen MR) is 43.4 cm³/mol. The fourth-order valence-electron chi connectivity index (χ4n) is 0.748. The van der Waals surface area contributed by atoms with Gasteiger partial charge in [0.15, 0.2) is 0 Å². The molecule has 1 aromatic heterocycles. The first-order chi connectivity index (χ1) is 5.22. The lowest BCUT2D eigenvalue weighted by Crippen LogP contribution is -2.15. The summed E-state index contributed by atoms with van der Waals surface area (Å²) in [6.07, 6.45) is 0. The van der Waals surface area contributed by atoms with Crippen LogP contribution in [-0.2, 0) is 0 Å². The molecule has 0 aliphatic rings. The first-order valence-electron chi connectivity index (χ1n) is 3.33. The second-order valence-electron chi connectivity index (χ2n) is 2.06. The molecule has 5 nitrogen and oxygen atoms in total. The Bertz CT molecular complexity index is 293. The van der Waals surface area contributed by atoms with Crippen LogP contribution in [0.15, 0.2) is 10.9 Å². The molecule has 0 aliphatic carbocycles. The molecule has 0 amide bonds. The van der Waals surface area contributed by atoms with Crippen LogP contribution in [0.4, 0.5) is 11.6 Å². The molecule has 0 bridgehead atoms. The number of nitrogen functional groups attached to an aromatic ring is 1. The molecule has 0 aliphatic heterocycles. The third-order valence-corrected chi connectivity index (χ3v) is 1.12. The van der Waals surface area contributed by atoms with E-state index >= 15 is 0 Å². The Morgan fingerprint density at radius 1 is 1.82 bits per heavy atom. The number of nitrogens with zero attached hydrogens (tertiary/aromatic N) is 1. The van der Waals surface area contributed by atoms with Gasteiger partial charge in [-0.2, -0.15) is 4.98 Å². The molecule has 0 spiro atoms. The van der Waals surface area contributed by atoms with Gasteiger partial charge in [-0.1, -0.05) is 0 Å². The minimum atomic E-state index is -0.430. The van der Waals surface area contributed by atoms with Gasteiger partial charge in [0, 0.05) is 12.6 Å². The average Bonchev–Trinajstić information content (AvgIpc) is 1.85. The molecule has 0 fully saturated rings. The molecule has 5 heteroatoms. The summed E-state index contributed by atoms with van der Waals surface area (Å²) in [7, 11) is 0. The van der Waals surface area contributed by atoms with Gasteiger partial charge >= 0.3 is 5.69 Å². The molecule has 4 N–H and O–H groups in total. The maximum atomic E-state index is 10.7. The van der Waals surface area contributed by atoms with Crippen molar-refractivity contribution in [2.45, 2.75) is 6.92 Å². The molecule has 0 saturated heterocycles. The fourth-order valence-corrected chi connectivity index (χ4v) is 0.748. The zero-order valence-corrected chi connectivity index (χ0v) is 6.22. The molecule has 1 heterocycles. The number of nitrogens with one attached hydrogen (secondary N) is 2. The van der Waals surface area contributed by atoms with Crippen molar-refractivity contribution in [2.75, 3.05) is 17.6 Å². The molecule has 0 radical (unpaired) electrons. The van der Waals surface area contributed by atoms with Crippen LogP contribution in [0.1, 0.15) is 6.92 Å². The molecule has 1 rings (SSSR count). The molecule has 1 aromatic rings. The van der Waals surface area contributed by atoms with Crippen molar-refractivity contribution in [3.8, 4) is 0 Å². The normalized spacial score (nSPS) is 9.55. The Balaban J connectivity index is 2.99. The van der Waals surface area contributed by atoms with E-state index < -0.39 is 5.69 Å². The van der Waals surface area contributed by atoms with E-state index in [4.69, 9.17) is 5.73 Å². The smallest absolute Gasteiger partial charge is 0.348 e. The summed E-state index contributed by atoms with van der Waals surface area (Å²) in [6, 6.07) is 1.57. The molecular formula is C6H10N4O. The minimum Gasteiger partial charge on any atom is -0.385 e. The zero-order valence-electron chi connectivity index (χ0n) is 6.22. The van der Waals surface area contributed by atoms with Gasteiger partial charge in [0.2, 0.25) is 0 Å². The van der Waals surface area contributed by atoms with E-state index in [1.54, 1.807) is 6.07 Å². The Hall–Kier alpha value is -1.52. The minimum absolute atomic E-state index is 0.320. The highest BCUT2D eigenvalue weighted by atomic mass is 16.1. The molecular weight excluding hydrogens is 144 g/mol. The Morgan fingerprint density at radius 3 is 3.09 bits per heavy atom. The highest BCUT2D eigenvalue weighted by Crippen LogP contribution is 2.00. The number of hydrogen-bond acceptors (Lipinski definition) is 4. The number of H-pyrrole nitrogens is 1. The maximum Gasteiger partial charge on any atom is 0.348 e. The number of hydrogen-bond donors (Lipinski definition) is 3. The molecule has 0 unspecified atom stereocenters. The van der Waals surface area contributed by atoms with E-state index in [1.807, 2.05) is 6.92 Å². The van der Waals surface area contributed by atoms with Crippen molar-refractivity contribution >= 4 is 11.6 Å². The molecule has 0 aromatic carbocycles. The van der Waals surface area contributed by atoms with Crippen molar-refractivity contribution in [3.05, 3.63) is 16.6 Å². The van der Waals surface area contributed by atoms with Gasteiger partial charge < -0.3 is 11.1 Å². The lowest BCUT2D eigenvalue weighted by molar-refractivity contribution is 1.06. The van der Waals surface area contributed by atoms with Crippen LogP contribution < -0.4 is 16.7 Å². The van der Waals surface area contributed by atoms with Crippen molar-refractivity contribution < 1.29 is 0 Å². The van der Waals surface area contributed by atoms with Gasteiger partial charge in [0.05, 0.1) is 0 Å². The average molecular weight is 154 g/mol. The van der Waals surface area contributed by atoms with Crippen LogP contribution in [-0.4, -0.2) is 16.5 Å². The molecule has 0 saturated carbocycles. The van der Waals surface area contributed by atoms with Crippen LogP contribution in [0, 0.1) is 0 Å². The summed E-state index contributed by atoms with van der Waals surface area (Å²) >= 11 is 0. The SMILES string of the molecule is CCNc1cc(N)[nH]c(=O)n1. The van der Waals surface area contributed by atoms with Crippen LogP contribution in [0.5, 0.6) is 0 Å². The van der Waals surface area contributed by atoms with Crippen molar-refractivity contribution in [2.24, 2.45) is 0 Å². The molecule has 60 valence electrons. The van der Waals surface area contributed by atoms with Gasteiger partial charge in [-0.3, -0.25) is 4.98 Å². The number of nitrogens with two attached hydrogens (primary N) is 1. The topological polar surface area (TPSA) is 83.8 Å². The number of anilines is 2. The monoisotopic (exact) mass is 154 g/mol. The van der Waals surface area contributed by atoms with E-state index in [0.717, 1.165) is 6.54 Å². The van der Waals surface area contributed by atoms with Crippen molar-refractivity contribution in [3.63, 3.8) is 0 Å². The predicted octanol–water partition coefficient (Wildman–Crippen LogP) is -0.216. The summed E-state index contributed by atoms with van der Waals surface area (Å²) < 4.78 is 0. The quantitative estimate of drug-likeness (QED) is 0.550. The summed E-state index contributed by atoms with van der Waals surface area (Å²) in [4.78, 5) is 16.7. The van der Waals surface area contributed by atoms with Gasteiger partial charge in [0.25, 0.3) is 0 Å². The summed E-state index contributed by atoms with van der Waals surface area (Å²) in [5.41, 5.74) is 4.92. The number of aromatic nitrogens is 2. The summed E-state index contributed by atoms with van der Waals surface area (Å²) in [5, 5.41) is 2.88. The third-order valence-electron chi connectivity index (χ3n) is 1.12. The van der Waals surface area contributed by atoms with E-state index in [0.29, 0.717) is 11.6 Å². The second-order valence-corrected chi connectivity index (χ2v) is 2.06.